The van der Waals surface area contributed by atoms with E-state index in [4.69, 9.17) is 0 Å². The molecule has 1 aromatic heterocycles. The average molecular weight is 330 g/mol. The molecule has 0 saturated carbocycles. The van der Waals surface area contributed by atoms with Crippen LogP contribution in [0.3, 0.4) is 0 Å². The molecule has 0 unspecified atom stereocenters. The standard InChI is InChI=1S/C11H12BrN3O2S/c1-8-2-3-10(12)4-11(8)18(16,17)15-7-9-5-13-14-6-9/h2-6,15H,7H2,1H3,(H,13,14). The summed E-state index contributed by atoms with van der Waals surface area (Å²) in [6, 6.07) is 5.16. The molecule has 7 heteroatoms. The van der Waals surface area contributed by atoms with Crippen LogP contribution in [0.2, 0.25) is 0 Å². The molecule has 0 fully saturated rings. The molecular weight excluding hydrogens is 318 g/mol. The van der Waals surface area contributed by atoms with Crippen LogP contribution in [-0.4, -0.2) is 18.6 Å². The number of H-pyrrole nitrogens is 1. The highest BCUT2D eigenvalue weighted by atomic mass is 79.9. The predicted molar refractivity (Wildman–Crippen MR) is 71.5 cm³/mol. The Balaban J connectivity index is 2.22. The second-order valence-electron chi connectivity index (χ2n) is 3.84. The fourth-order valence-electron chi connectivity index (χ4n) is 1.49. The molecule has 0 spiro atoms. The number of aromatic amines is 1. The summed E-state index contributed by atoms with van der Waals surface area (Å²) >= 11 is 3.27. The van der Waals surface area contributed by atoms with Crippen molar-refractivity contribution in [2.75, 3.05) is 0 Å². The van der Waals surface area contributed by atoms with E-state index in [1.54, 1.807) is 31.5 Å². The average Bonchev–Trinajstić information content (AvgIpc) is 2.83. The lowest BCUT2D eigenvalue weighted by Crippen LogP contribution is -2.23. The molecule has 18 heavy (non-hydrogen) atoms. The molecule has 2 rings (SSSR count). The zero-order chi connectivity index (χ0) is 13.2. The second kappa shape index (κ2) is 5.21. The van der Waals surface area contributed by atoms with E-state index in [1.165, 1.54) is 0 Å². The van der Waals surface area contributed by atoms with E-state index in [2.05, 4.69) is 30.8 Å². The van der Waals surface area contributed by atoms with Crippen molar-refractivity contribution in [3.8, 4) is 0 Å². The van der Waals surface area contributed by atoms with Crippen molar-refractivity contribution in [2.45, 2.75) is 18.4 Å². The molecule has 0 atom stereocenters. The minimum absolute atomic E-state index is 0.213. The van der Waals surface area contributed by atoms with Gasteiger partial charge in [0.1, 0.15) is 0 Å². The first kappa shape index (κ1) is 13.3. The Bertz CT molecular complexity index is 638. The van der Waals surface area contributed by atoms with Crippen LogP contribution in [0.1, 0.15) is 11.1 Å². The number of sulfonamides is 1. The van der Waals surface area contributed by atoms with Crippen molar-refractivity contribution in [2.24, 2.45) is 0 Å². The Hall–Kier alpha value is -1.18. The molecule has 0 aliphatic carbocycles. The van der Waals surface area contributed by atoms with E-state index in [1.807, 2.05) is 6.07 Å². The number of aryl methyl sites for hydroxylation is 1. The van der Waals surface area contributed by atoms with Gasteiger partial charge in [-0.2, -0.15) is 5.10 Å². The van der Waals surface area contributed by atoms with Crippen LogP contribution < -0.4 is 4.72 Å². The number of benzene rings is 1. The van der Waals surface area contributed by atoms with Crippen molar-refractivity contribution < 1.29 is 8.42 Å². The highest BCUT2D eigenvalue weighted by Crippen LogP contribution is 2.20. The third-order valence-corrected chi connectivity index (χ3v) is 4.50. The quantitative estimate of drug-likeness (QED) is 0.900. The number of aromatic nitrogens is 2. The van der Waals surface area contributed by atoms with Gasteiger partial charge in [-0.3, -0.25) is 5.10 Å². The highest BCUT2D eigenvalue weighted by molar-refractivity contribution is 9.10. The van der Waals surface area contributed by atoms with Crippen LogP contribution >= 0.6 is 15.9 Å². The summed E-state index contributed by atoms with van der Waals surface area (Å²) in [7, 11) is -3.51. The van der Waals surface area contributed by atoms with Gasteiger partial charge < -0.3 is 0 Å². The van der Waals surface area contributed by atoms with E-state index >= 15 is 0 Å². The smallest absolute Gasteiger partial charge is 0.241 e. The van der Waals surface area contributed by atoms with Gasteiger partial charge in [0, 0.05) is 22.8 Å². The number of nitrogens with zero attached hydrogens (tertiary/aromatic N) is 1. The van der Waals surface area contributed by atoms with E-state index in [-0.39, 0.29) is 11.4 Å². The van der Waals surface area contributed by atoms with E-state index in [9.17, 15) is 8.42 Å². The van der Waals surface area contributed by atoms with Crippen LogP contribution in [0.5, 0.6) is 0 Å². The van der Waals surface area contributed by atoms with Crippen LogP contribution in [0.25, 0.3) is 0 Å². The van der Waals surface area contributed by atoms with Gasteiger partial charge in [-0.15, -0.1) is 0 Å². The first-order chi connectivity index (χ1) is 8.49. The largest absolute Gasteiger partial charge is 0.285 e. The van der Waals surface area contributed by atoms with Gasteiger partial charge in [-0.05, 0) is 24.6 Å². The first-order valence-corrected chi connectivity index (χ1v) is 7.50. The maximum atomic E-state index is 12.1. The van der Waals surface area contributed by atoms with Crippen molar-refractivity contribution in [3.63, 3.8) is 0 Å². The topological polar surface area (TPSA) is 74.8 Å². The van der Waals surface area contributed by atoms with Crippen molar-refractivity contribution >= 4 is 26.0 Å². The Labute approximate surface area is 114 Å². The Kier molecular flexibility index (Phi) is 3.84. The molecule has 1 heterocycles. The lowest BCUT2D eigenvalue weighted by molar-refractivity contribution is 0.580. The predicted octanol–water partition coefficient (Wildman–Crippen LogP) is 1.96. The Morgan fingerprint density at radius 1 is 1.44 bits per heavy atom. The molecule has 1 aromatic carbocycles. The van der Waals surface area contributed by atoms with Gasteiger partial charge in [0.05, 0.1) is 11.1 Å². The summed E-state index contributed by atoms with van der Waals surface area (Å²) in [6.45, 7) is 1.98. The van der Waals surface area contributed by atoms with Crippen molar-refractivity contribution in [1.82, 2.24) is 14.9 Å². The summed E-state index contributed by atoms with van der Waals surface area (Å²) in [4.78, 5) is 0.278. The normalized spacial score (nSPS) is 11.7. The number of hydrogen-bond acceptors (Lipinski definition) is 3. The lowest BCUT2D eigenvalue weighted by Gasteiger charge is -2.08. The van der Waals surface area contributed by atoms with Gasteiger partial charge >= 0.3 is 0 Å². The SMILES string of the molecule is Cc1ccc(Br)cc1S(=O)(=O)NCc1cn[nH]c1. The Morgan fingerprint density at radius 2 is 2.22 bits per heavy atom. The molecule has 0 saturated heterocycles. The molecule has 5 nitrogen and oxygen atoms in total. The fourth-order valence-corrected chi connectivity index (χ4v) is 3.29. The molecule has 0 radical (unpaired) electrons. The van der Waals surface area contributed by atoms with E-state index in [0.29, 0.717) is 5.56 Å². The van der Waals surface area contributed by atoms with E-state index < -0.39 is 10.0 Å². The molecule has 0 bridgehead atoms. The zero-order valence-corrected chi connectivity index (χ0v) is 12.0. The minimum atomic E-state index is -3.51. The highest BCUT2D eigenvalue weighted by Gasteiger charge is 2.16. The zero-order valence-electron chi connectivity index (χ0n) is 9.64. The number of halogens is 1. The van der Waals surface area contributed by atoms with Crippen molar-refractivity contribution in [3.05, 3.63) is 46.2 Å². The molecule has 0 amide bonds. The number of nitrogens with one attached hydrogen (secondary N) is 2. The van der Waals surface area contributed by atoms with Crippen LogP contribution in [0, 0.1) is 6.92 Å². The fraction of sp³-hybridized carbons (Fsp3) is 0.182. The van der Waals surface area contributed by atoms with Gasteiger partial charge in [-0.1, -0.05) is 22.0 Å². The molecule has 0 aliphatic rings. The van der Waals surface area contributed by atoms with Gasteiger partial charge in [0.15, 0.2) is 0 Å². The molecular formula is C11H12BrN3O2S. The van der Waals surface area contributed by atoms with Crippen LogP contribution in [0.4, 0.5) is 0 Å². The second-order valence-corrected chi connectivity index (χ2v) is 6.49. The van der Waals surface area contributed by atoms with Gasteiger partial charge in [0.2, 0.25) is 10.0 Å². The van der Waals surface area contributed by atoms with Crippen molar-refractivity contribution in [1.29, 1.82) is 0 Å². The van der Waals surface area contributed by atoms with E-state index in [0.717, 1.165) is 10.0 Å². The number of rotatable bonds is 4. The summed E-state index contributed by atoms with van der Waals surface area (Å²) in [6.07, 6.45) is 3.23. The Morgan fingerprint density at radius 3 is 2.89 bits per heavy atom. The summed E-state index contributed by atoms with van der Waals surface area (Å²) in [5, 5.41) is 6.39. The van der Waals surface area contributed by atoms with Crippen LogP contribution in [0.15, 0.2) is 40.0 Å². The maximum absolute atomic E-state index is 12.1. The third kappa shape index (κ3) is 2.98. The van der Waals surface area contributed by atoms with Gasteiger partial charge in [-0.25, -0.2) is 13.1 Å². The summed E-state index contributed by atoms with van der Waals surface area (Å²) < 4.78 is 27.5. The third-order valence-electron chi connectivity index (χ3n) is 2.46. The maximum Gasteiger partial charge on any atom is 0.241 e. The molecule has 2 N–H and O–H groups in total. The monoisotopic (exact) mass is 329 g/mol. The lowest BCUT2D eigenvalue weighted by atomic mass is 10.2. The first-order valence-electron chi connectivity index (χ1n) is 5.22. The van der Waals surface area contributed by atoms with Crippen LogP contribution in [-0.2, 0) is 16.6 Å². The molecule has 96 valence electrons. The number of hydrogen-bond donors (Lipinski definition) is 2. The summed E-state index contributed by atoms with van der Waals surface area (Å²) in [5.74, 6) is 0. The summed E-state index contributed by atoms with van der Waals surface area (Å²) in [5.41, 5.74) is 1.49. The minimum Gasteiger partial charge on any atom is -0.285 e. The molecule has 2 aromatic rings. The molecule has 0 aliphatic heterocycles. The van der Waals surface area contributed by atoms with Gasteiger partial charge in [0.25, 0.3) is 0 Å².